The summed E-state index contributed by atoms with van der Waals surface area (Å²) in [5, 5.41) is 10.1. The van der Waals surface area contributed by atoms with E-state index < -0.39 is 5.41 Å². The zero-order valence-electron chi connectivity index (χ0n) is 41.8. The van der Waals surface area contributed by atoms with Crippen molar-refractivity contribution in [2.24, 2.45) is 0 Å². The summed E-state index contributed by atoms with van der Waals surface area (Å²) in [5.41, 5.74) is 23.2. The summed E-state index contributed by atoms with van der Waals surface area (Å²) < 4.78 is 0. The normalized spacial score (nSPS) is 13.9. The summed E-state index contributed by atoms with van der Waals surface area (Å²) >= 11 is 0. The Balaban J connectivity index is 1.04. The number of rotatable bonds is 5. The van der Waals surface area contributed by atoms with Crippen molar-refractivity contribution in [3.8, 4) is 55.6 Å². The molecular weight excluding hydrogens is 903 g/mol. The summed E-state index contributed by atoms with van der Waals surface area (Å²) in [7, 11) is 0. The molecule has 13 aromatic carbocycles. The van der Waals surface area contributed by atoms with E-state index in [0.29, 0.717) is 0 Å². The second-order valence-electron chi connectivity index (χ2n) is 21.5. The lowest BCUT2D eigenvalue weighted by atomic mass is 9.70. The number of anilines is 3. The highest BCUT2D eigenvalue weighted by Crippen LogP contribution is 2.65. The van der Waals surface area contributed by atoms with E-state index in [2.05, 4.69) is 280 Å². The van der Waals surface area contributed by atoms with Crippen molar-refractivity contribution in [1.82, 2.24) is 0 Å². The van der Waals surface area contributed by atoms with Gasteiger partial charge in [0, 0.05) is 22.2 Å². The van der Waals surface area contributed by atoms with Crippen LogP contribution in [0.2, 0.25) is 0 Å². The van der Waals surface area contributed by atoms with Crippen LogP contribution in [-0.2, 0) is 10.8 Å². The number of nitrogens with zero attached hydrogens (tertiary/aromatic N) is 1. The van der Waals surface area contributed by atoms with Crippen molar-refractivity contribution in [1.29, 1.82) is 0 Å². The van der Waals surface area contributed by atoms with E-state index in [1.807, 2.05) is 0 Å². The minimum atomic E-state index is -0.538. The van der Waals surface area contributed by atoms with Gasteiger partial charge in [-0.2, -0.15) is 0 Å². The lowest BCUT2D eigenvalue weighted by Gasteiger charge is -2.34. The lowest BCUT2D eigenvalue weighted by molar-refractivity contribution is 0.660. The highest BCUT2D eigenvalue weighted by atomic mass is 15.1. The zero-order chi connectivity index (χ0) is 49.6. The predicted octanol–water partition coefficient (Wildman–Crippen LogP) is 19.8. The predicted molar refractivity (Wildman–Crippen MR) is 316 cm³/mol. The number of hydrogen-bond acceptors (Lipinski definition) is 1. The molecule has 0 heterocycles. The van der Waals surface area contributed by atoms with Crippen LogP contribution in [0.5, 0.6) is 0 Å². The van der Waals surface area contributed by atoms with Gasteiger partial charge in [-0.05, 0) is 157 Å². The first-order valence-electron chi connectivity index (χ1n) is 26.4. The summed E-state index contributed by atoms with van der Waals surface area (Å²) in [5.74, 6) is 0. The average Bonchev–Trinajstić information content (AvgIpc) is 4.03. The third-order valence-electron chi connectivity index (χ3n) is 17.4. The van der Waals surface area contributed by atoms with E-state index in [0.717, 1.165) is 11.4 Å². The van der Waals surface area contributed by atoms with E-state index >= 15 is 0 Å². The van der Waals surface area contributed by atoms with Crippen molar-refractivity contribution in [2.45, 2.75) is 24.7 Å². The molecule has 0 fully saturated rings. The van der Waals surface area contributed by atoms with Crippen molar-refractivity contribution in [2.75, 3.05) is 4.90 Å². The van der Waals surface area contributed by atoms with Gasteiger partial charge in [0.1, 0.15) is 0 Å². The molecule has 13 aromatic rings. The van der Waals surface area contributed by atoms with E-state index in [-0.39, 0.29) is 5.41 Å². The molecule has 0 N–H and O–H groups in total. The summed E-state index contributed by atoms with van der Waals surface area (Å²) in [4.78, 5) is 2.64. The third kappa shape index (κ3) is 5.78. The van der Waals surface area contributed by atoms with E-state index in [9.17, 15) is 0 Å². The van der Waals surface area contributed by atoms with Gasteiger partial charge in [0.05, 0.1) is 16.8 Å². The van der Waals surface area contributed by atoms with Gasteiger partial charge in [-0.15, -0.1) is 0 Å². The fourth-order valence-corrected chi connectivity index (χ4v) is 14.1. The monoisotopic (exact) mass is 951 g/mol. The second kappa shape index (κ2) is 15.6. The fourth-order valence-electron chi connectivity index (χ4n) is 14.1. The van der Waals surface area contributed by atoms with Gasteiger partial charge in [0.2, 0.25) is 0 Å². The van der Waals surface area contributed by atoms with Gasteiger partial charge in [0.25, 0.3) is 0 Å². The Morgan fingerprint density at radius 1 is 0.267 bits per heavy atom. The molecule has 3 aliphatic rings. The molecule has 0 saturated carbocycles. The topological polar surface area (TPSA) is 3.24 Å². The van der Waals surface area contributed by atoms with Crippen molar-refractivity contribution in [3.63, 3.8) is 0 Å². The molecular formula is C74H49N. The molecule has 0 bridgehead atoms. The summed E-state index contributed by atoms with van der Waals surface area (Å²) in [6.07, 6.45) is 0. The maximum Gasteiger partial charge on any atom is 0.0726 e. The Morgan fingerprint density at radius 2 is 0.760 bits per heavy atom. The minimum Gasteiger partial charge on any atom is -0.309 e. The van der Waals surface area contributed by atoms with Gasteiger partial charge in [-0.1, -0.05) is 238 Å². The van der Waals surface area contributed by atoms with Crippen LogP contribution in [0.25, 0.3) is 98.7 Å². The molecule has 1 nitrogen and oxygen atoms in total. The number of benzene rings is 13. The molecule has 3 aliphatic carbocycles. The molecule has 1 heteroatoms. The molecule has 0 aromatic heterocycles. The molecule has 16 rings (SSSR count). The van der Waals surface area contributed by atoms with Crippen LogP contribution in [0.15, 0.2) is 261 Å². The van der Waals surface area contributed by atoms with Crippen LogP contribution in [0, 0.1) is 0 Å². The van der Waals surface area contributed by atoms with Crippen molar-refractivity contribution < 1.29 is 0 Å². The van der Waals surface area contributed by atoms with E-state index in [1.54, 1.807) is 0 Å². The zero-order valence-corrected chi connectivity index (χ0v) is 41.8. The molecule has 0 amide bonds. The van der Waals surface area contributed by atoms with Crippen LogP contribution in [0.4, 0.5) is 17.1 Å². The van der Waals surface area contributed by atoms with Gasteiger partial charge >= 0.3 is 0 Å². The molecule has 75 heavy (non-hydrogen) atoms. The molecule has 0 aliphatic heterocycles. The SMILES string of the molecule is CC1(C)c2ccccc2-c2c(N(c3ccc4c5ccccc5c5ccccc5c4c3)c3cc4c(cc3-c3ccc(-c5ccc6ccccc6c5)cc3)-c3ccccc3C43c4ccccc4-c4ccccc43)cccc21. The van der Waals surface area contributed by atoms with Crippen LogP contribution < -0.4 is 4.90 Å². The maximum atomic E-state index is 2.64. The van der Waals surface area contributed by atoms with Crippen LogP contribution in [-0.4, -0.2) is 0 Å². The largest absolute Gasteiger partial charge is 0.309 e. The first kappa shape index (κ1) is 42.2. The quantitative estimate of drug-likeness (QED) is 0.155. The van der Waals surface area contributed by atoms with Crippen LogP contribution >= 0.6 is 0 Å². The highest BCUT2D eigenvalue weighted by molar-refractivity contribution is 6.26. The van der Waals surface area contributed by atoms with Crippen LogP contribution in [0.3, 0.4) is 0 Å². The summed E-state index contributed by atoms with van der Waals surface area (Å²) in [6, 6.07) is 98.8. The van der Waals surface area contributed by atoms with Gasteiger partial charge in [0.15, 0.2) is 0 Å². The van der Waals surface area contributed by atoms with Crippen molar-refractivity contribution in [3.05, 3.63) is 294 Å². The highest BCUT2D eigenvalue weighted by Gasteiger charge is 2.52. The van der Waals surface area contributed by atoms with Gasteiger partial charge < -0.3 is 4.90 Å². The second-order valence-corrected chi connectivity index (χ2v) is 21.5. The Bertz CT molecular complexity index is 4490. The average molecular weight is 952 g/mol. The Kier molecular flexibility index (Phi) is 8.79. The first-order valence-corrected chi connectivity index (χ1v) is 26.4. The standard InChI is InChI=1S/C74H49N/c1-73(2)64-28-13-12-27-60(64)72-68(73)32-17-33-70(72)75(51-40-41-56-54-22-6-5-20-52(54)53-21-7-8-23-55(53)62(56)43-51)71-45-69-63(44-61(71)48-37-34-47(35-38-48)50-39-36-46-18-3-4-19-49(46)42-50)59-26-11-16-31-67(59)74(69)65-29-14-9-24-57(65)58-25-10-15-30-66(58)74/h3-45H,1-2H3. The summed E-state index contributed by atoms with van der Waals surface area (Å²) in [6.45, 7) is 4.79. The maximum absolute atomic E-state index is 2.64. The first-order chi connectivity index (χ1) is 37.0. The number of fused-ring (bicyclic) bond motifs is 20. The molecule has 0 saturated heterocycles. The minimum absolute atomic E-state index is 0.200. The smallest absolute Gasteiger partial charge is 0.0726 e. The molecule has 0 radical (unpaired) electrons. The van der Waals surface area contributed by atoms with E-state index in [4.69, 9.17) is 0 Å². The Morgan fingerprint density at radius 3 is 1.41 bits per heavy atom. The van der Waals surface area contributed by atoms with Crippen molar-refractivity contribution >= 4 is 60.2 Å². The Hall–Kier alpha value is -9.30. The lowest BCUT2D eigenvalue weighted by Crippen LogP contribution is -2.26. The number of hydrogen-bond donors (Lipinski definition) is 0. The molecule has 350 valence electrons. The fraction of sp³-hybridized carbons (Fsp3) is 0.0541. The molecule has 0 unspecified atom stereocenters. The molecule has 1 spiro atoms. The molecule has 0 atom stereocenters. The van der Waals surface area contributed by atoms with Gasteiger partial charge in [-0.25, -0.2) is 0 Å². The third-order valence-corrected chi connectivity index (χ3v) is 17.4. The van der Waals surface area contributed by atoms with E-state index in [1.165, 1.54) is 138 Å². The Labute approximate surface area is 437 Å². The van der Waals surface area contributed by atoms with Gasteiger partial charge in [-0.3, -0.25) is 0 Å². The van der Waals surface area contributed by atoms with Crippen LogP contribution in [0.1, 0.15) is 47.2 Å².